The maximum Gasteiger partial charge on any atom is 0.226 e. The van der Waals surface area contributed by atoms with Gasteiger partial charge in [-0.3, -0.25) is 4.79 Å². The summed E-state index contributed by atoms with van der Waals surface area (Å²) in [6.07, 6.45) is 2.78. The fourth-order valence-electron chi connectivity index (χ4n) is 2.17. The van der Waals surface area contributed by atoms with Crippen molar-refractivity contribution in [1.82, 2.24) is 0 Å². The van der Waals surface area contributed by atoms with Gasteiger partial charge in [0.25, 0.3) is 0 Å². The molecule has 0 bridgehead atoms. The van der Waals surface area contributed by atoms with Crippen molar-refractivity contribution in [3.05, 3.63) is 23.3 Å². The number of benzene rings is 1. The molecule has 2 N–H and O–H groups in total. The number of nitrogens with zero attached hydrogens (tertiary/aromatic N) is 1. The van der Waals surface area contributed by atoms with Gasteiger partial charge in [-0.2, -0.15) is 0 Å². The van der Waals surface area contributed by atoms with Gasteiger partial charge < -0.3 is 10.6 Å². The van der Waals surface area contributed by atoms with Crippen LogP contribution in [-0.4, -0.2) is 12.5 Å². The molecule has 1 heterocycles. The standard InChI is InChI=1S/C13H18N2O/c1-9-8-12(10(2)7-11(9)14)15-6-4-3-5-13(15)16/h7-8H,3-6,14H2,1-2H3. The van der Waals surface area contributed by atoms with Crippen molar-refractivity contribution in [2.24, 2.45) is 0 Å². The van der Waals surface area contributed by atoms with E-state index in [1.54, 1.807) is 0 Å². The predicted molar refractivity (Wildman–Crippen MR) is 66.5 cm³/mol. The predicted octanol–water partition coefficient (Wildman–Crippen LogP) is 2.40. The normalized spacial score (nSPS) is 16.6. The van der Waals surface area contributed by atoms with Crippen molar-refractivity contribution in [3.63, 3.8) is 0 Å². The molecule has 1 aromatic rings. The molecule has 3 heteroatoms. The number of nitrogen functional groups attached to an aromatic ring is 1. The Morgan fingerprint density at radius 1 is 1.19 bits per heavy atom. The number of hydrogen-bond acceptors (Lipinski definition) is 2. The molecule has 0 atom stereocenters. The van der Waals surface area contributed by atoms with Crippen molar-refractivity contribution in [3.8, 4) is 0 Å². The van der Waals surface area contributed by atoms with Gasteiger partial charge in [0.15, 0.2) is 0 Å². The third-order valence-corrected chi connectivity index (χ3v) is 3.20. The van der Waals surface area contributed by atoms with E-state index in [9.17, 15) is 4.79 Å². The molecular weight excluding hydrogens is 200 g/mol. The van der Waals surface area contributed by atoms with Crippen LogP contribution in [0.15, 0.2) is 12.1 Å². The highest BCUT2D eigenvalue weighted by molar-refractivity contribution is 5.95. The summed E-state index contributed by atoms with van der Waals surface area (Å²) in [5, 5.41) is 0. The van der Waals surface area contributed by atoms with E-state index in [-0.39, 0.29) is 5.91 Å². The highest BCUT2D eigenvalue weighted by Gasteiger charge is 2.21. The summed E-state index contributed by atoms with van der Waals surface area (Å²) >= 11 is 0. The molecule has 1 amide bonds. The lowest BCUT2D eigenvalue weighted by Gasteiger charge is -2.28. The van der Waals surface area contributed by atoms with Gasteiger partial charge in [0, 0.05) is 24.3 Å². The zero-order chi connectivity index (χ0) is 11.7. The highest BCUT2D eigenvalue weighted by atomic mass is 16.2. The first kappa shape index (κ1) is 11.0. The second kappa shape index (κ2) is 4.16. The van der Waals surface area contributed by atoms with E-state index in [2.05, 4.69) is 0 Å². The van der Waals surface area contributed by atoms with E-state index >= 15 is 0 Å². The average Bonchev–Trinajstić information content (AvgIpc) is 2.25. The van der Waals surface area contributed by atoms with E-state index in [0.29, 0.717) is 6.42 Å². The molecule has 1 aliphatic heterocycles. The molecule has 1 aliphatic rings. The number of carbonyl (C=O) groups is 1. The van der Waals surface area contributed by atoms with Crippen LogP contribution in [0.5, 0.6) is 0 Å². The number of amides is 1. The zero-order valence-corrected chi connectivity index (χ0v) is 9.92. The second-order valence-corrected chi connectivity index (χ2v) is 4.50. The van der Waals surface area contributed by atoms with E-state index in [1.807, 2.05) is 30.9 Å². The fourth-order valence-corrected chi connectivity index (χ4v) is 2.17. The third-order valence-electron chi connectivity index (χ3n) is 3.20. The van der Waals surface area contributed by atoms with Crippen LogP contribution in [0.1, 0.15) is 30.4 Å². The molecule has 16 heavy (non-hydrogen) atoms. The Kier molecular flexibility index (Phi) is 2.86. The number of rotatable bonds is 1. The van der Waals surface area contributed by atoms with Crippen molar-refractivity contribution in [2.45, 2.75) is 33.1 Å². The second-order valence-electron chi connectivity index (χ2n) is 4.50. The Morgan fingerprint density at radius 3 is 2.62 bits per heavy atom. The lowest BCUT2D eigenvalue weighted by Crippen LogP contribution is -2.35. The van der Waals surface area contributed by atoms with Crippen molar-refractivity contribution in [1.29, 1.82) is 0 Å². The largest absolute Gasteiger partial charge is 0.399 e. The number of carbonyl (C=O) groups excluding carboxylic acids is 1. The Bertz CT molecular complexity index is 426. The smallest absolute Gasteiger partial charge is 0.226 e. The van der Waals surface area contributed by atoms with Crippen LogP contribution in [-0.2, 0) is 4.79 Å². The van der Waals surface area contributed by atoms with E-state index in [1.165, 1.54) is 0 Å². The van der Waals surface area contributed by atoms with Crippen LogP contribution in [0, 0.1) is 13.8 Å². The van der Waals surface area contributed by atoms with Gasteiger partial charge in [0.2, 0.25) is 5.91 Å². The Balaban J connectivity index is 2.39. The van der Waals surface area contributed by atoms with Gasteiger partial charge in [-0.25, -0.2) is 0 Å². The number of hydrogen-bond donors (Lipinski definition) is 1. The summed E-state index contributed by atoms with van der Waals surface area (Å²) in [5.74, 6) is 0.235. The van der Waals surface area contributed by atoms with Crippen LogP contribution < -0.4 is 10.6 Å². The van der Waals surface area contributed by atoms with Gasteiger partial charge in [0.1, 0.15) is 0 Å². The third kappa shape index (κ3) is 1.90. The average molecular weight is 218 g/mol. The molecule has 0 spiro atoms. The molecule has 1 fully saturated rings. The van der Waals surface area contributed by atoms with E-state index < -0.39 is 0 Å². The van der Waals surface area contributed by atoms with Gasteiger partial charge in [-0.05, 0) is 49.9 Å². The van der Waals surface area contributed by atoms with Gasteiger partial charge in [-0.1, -0.05) is 0 Å². The Hall–Kier alpha value is -1.51. The zero-order valence-electron chi connectivity index (χ0n) is 9.92. The number of aryl methyl sites for hydroxylation is 2. The summed E-state index contributed by atoms with van der Waals surface area (Å²) in [6.45, 7) is 4.82. The number of piperidine rings is 1. The molecular formula is C13H18N2O. The molecule has 2 rings (SSSR count). The van der Waals surface area contributed by atoms with E-state index in [4.69, 9.17) is 5.73 Å². The summed E-state index contributed by atoms with van der Waals surface area (Å²) in [6, 6.07) is 3.97. The summed E-state index contributed by atoms with van der Waals surface area (Å²) in [5.41, 5.74) is 9.79. The first-order valence-electron chi connectivity index (χ1n) is 5.76. The van der Waals surface area contributed by atoms with Gasteiger partial charge >= 0.3 is 0 Å². The van der Waals surface area contributed by atoms with Crippen molar-refractivity contribution >= 4 is 17.3 Å². The maximum atomic E-state index is 11.8. The fraction of sp³-hybridized carbons (Fsp3) is 0.462. The molecule has 0 unspecified atom stereocenters. The Morgan fingerprint density at radius 2 is 1.94 bits per heavy atom. The number of nitrogens with two attached hydrogens (primary N) is 1. The van der Waals surface area contributed by atoms with Gasteiger partial charge in [0.05, 0.1) is 0 Å². The SMILES string of the molecule is Cc1cc(N2CCCCC2=O)c(C)cc1N. The molecule has 0 radical (unpaired) electrons. The molecule has 0 aromatic heterocycles. The minimum absolute atomic E-state index is 0.235. The van der Waals surface area contributed by atoms with Crippen LogP contribution in [0.3, 0.4) is 0 Å². The lowest BCUT2D eigenvalue weighted by atomic mass is 10.0. The molecule has 86 valence electrons. The first-order chi connectivity index (χ1) is 7.59. The van der Waals surface area contributed by atoms with Crippen LogP contribution in [0.25, 0.3) is 0 Å². The minimum atomic E-state index is 0.235. The van der Waals surface area contributed by atoms with E-state index in [0.717, 1.165) is 41.9 Å². The molecule has 0 saturated carbocycles. The quantitative estimate of drug-likeness (QED) is 0.736. The van der Waals surface area contributed by atoms with Crippen molar-refractivity contribution in [2.75, 3.05) is 17.2 Å². The monoisotopic (exact) mass is 218 g/mol. The molecule has 1 aromatic carbocycles. The molecule has 0 aliphatic carbocycles. The summed E-state index contributed by atoms with van der Waals surface area (Å²) in [7, 11) is 0. The van der Waals surface area contributed by atoms with Crippen molar-refractivity contribution < 1.29 is 4.79 Å². The first-order valence-corrected chi connectivity index (χ1v) is 5.76. The molecule has 3 nitrogen and oxygen atoms in total. The van der Waals surface area contributed by atoms with Crippen LogP contribution in [0.2, 0.25) is 0 Å². The summed E-state index contributed by atoms with van der Waals surface area (Å²) < 4.78 is 0. The maximum absolute atomic E-state index is 11.8. The minimum Gasteiger partial charge on any atom is -0.399 e. The topological polar surface area (TPSA) is 46.3 Å². The molecule has 1 saturated heterocycles. The highest BCUT2D eigenvalue weighted by Crippen LogP contribution is 2.28. The number of anilines is 2. The lowest BCUT2D eigenvalue weighted by molar-refractivity contribution is -0.119. The van der Waals surface area contributed by atoms with Crippen LogP contribution >= 0.6 is 0 Å². The summed E-state index contributed by atoms with van der Waals surface area (Å²) in [4.78, 5) is 13.7. The van der Waals surface area contributed by atoms with Crippen LogP contribution in [0.4, 0.5) is 11.4 Å². The van der Waals surface area contributed by atoms with Gasteiger partial charge in [-0.15, -0.1) is 0 Å². The Labute approximate surface area is 96.2 Å².